The molecule has 0 unspecified atom stereocenters. The molecule has 0 aliphatic heterocycles. The lowest BCUT2D eigenvalue weighted by Crippen LogP contribution is -2.48. The monoisotopic (exact) mass is 420 g/mol. The Balaban J connectivity index is 1.69. The molecule has 0 aliphatic rings. The van der Waals surface area contributed by atoms with Gasteiger partial charge in [-0.3, -0.25) is 25.2 Å². The van der Waals surface area contributed by atoms with Crippen molar-refractivity contribution in [2.24, 2.45) is 0 Å². The fourth-order valence-corrected chi connectivity index (χ4v) is 2.47. The lowest BCUT2D eigenvalue weighted by Gasteiger charge is -2.11. The van der Waals surface area contributed by atoms with Crippen LogP contribution in [-0.2, 0) is 9.59 Å². The van der Waals surface area contributed by atoms with E-state index in [-0.39, 0.29) is 24.4 Å². The first-order valence-corrected chi connectivity index (χ1v) is 8.96. The van der Waals surface area contributed by atoms with Gasteiger partial charge in [-0.2, -0.15) is 8.78 Å². The molecule has 0 saturated carbocycles. The maximum Gasteiger partial charge on any atom is 0.387 e. The summed E-state index contributed by atoms with van der Waals surface area (Å²) in [6.45, 7) is 0.480. The van der Waals surface area contributed by atoms with E-state index < -0.39 is 24.3 Å². The summed E-state index contributed by atoms with van der Waals surface area (Å²) in [6, 6.07) is 10.7. The predicted molar refractivity (Wildman–Crippen MR) is 106 cm³/mol. The molecule has 10 heteroatoms. The molecule has 0 aromatic heterocycles. The number of rotatable bonds is 8. The Labute approximate surface area is 172 Å². The van der Waals surface area contributed by atoms with E-state index in [1.165, 1.54) is 24.3 Å². The topological polar surface area (TPSA) is 109 Å². The minimum absolute atomic E-state index is 0.0520. The van der Waals surface area contributed by atoms with Crippen molar-refractivity contribution in [2.75, 3.05) is 18.4 Å². The van der Waals surface area contributed by atoms with E-state index >= 15 is 0 Å². The summed E-state index contributed by atoms with van der Waals surface area (Å²) in [4.78, 5) is 35.5. The lowest BCUT2D eigenvalue weighted by atomic mass is 10.1. The number of carbonyl (C=O) groups is 3. The van der Waals surface area contributed by atoms with Crippen LogP contribution in [0, 0.1) is 13.8 Å². The van der Waals surface area contributed by atoms with Crippen LogP contribution in [0.2, 0.25) is 0 Å². The highest BCUT2D eigenvalue weighted by molar-refractivity contribution is 5.96. The summed E-state index contributed by atoms with van der Waals surface area (Å²) in [5.74, 6) is -1.78. The van der Waals surface area contributed by atoms with Crippen LogP contribution in [0.3, 0.4) is 0 Å². The van der Waals surface area contributed by atoms with Gasteiger partial charge in [0.05, 0.1) is 13.1 Å². The molecule has 2 rings (SSSR count). The third kappa shape index (κ3) is 7.38. The van der Waals surface area contributed by atoms with Crippen molar-refractivity contribution in [1.29, 1.82) is 0 Å². The second-order valence-electron chi connectivity index (χ2n) is 6.35. The van der Waals surface area contributed by atoms with Gasteiger partial charge in [-0.1, -0.05) is 17.7 Å². The summed E-state index contributed by atoms with van der Waals surface area (Å²) >= 11 is 0. The number of nitrogens with one attached hydrogen (secondary N) is 4. The third-order valence-electron chi connectivity index (χ3n) is 3.91. The molecule has 0 saturated heterocycles. The fraction of sp³-hybridized carbons (Fsp3) is 0.250. The predicted octanol–water partition coefficient (Wildman–Crippen LogP) is 1.89. The summed E-state index contributed by atoms with van der Waals surface area (Å²) in [5, 5.41) is 5.31. The highest BCUT2D eigenvalue weighted by Crippen LogP contribution is 2.16. The van der Waals surface area contributed by atoms with Gasteiger partial charge in [-0.25, -0.2) is 0 Å². The van der Waals surface area contributed by atoms with Gasteiger partial charge in [-0.15, -0.1) is 0 Å². The molecule has 0 heterocycles. The Bertz CT molecular complexity index is 904. The molecule has 3 amide bonds. The zero-order valence-corrected chi connectivity index (χ0v) is 16.4. The van der Waals surface area contributed by atoms with E-state index in [4.69, 9.17) is 0 Å². The Kier molecular flexibility index (Phi) is 8.09. The number of aryl methyl sites for hydroxylation is 2. The molecule has 0 atom stereocenters. The average Bonchev–Trinajstić information content (AvgIpc) is 2.70. The van der Waals surface area contributed by atoms with E-state index in [2.05, 4.69) is 26.2 Å². The Morgan fingerprint density at radius 3 is 2.17 bits per heavy atom. The number of halogens is 2. The van der Waals surface area contributed by atoms with Crippen molar-refractivity contribution in [2.45, 2.75) is 20.5 Å². The molecule has 2 aromatic carbocycles. The van der Waals surface area contributed by atoms with Crippen LogP contribution in [0.5, 0.6) is 5.75 Å². The van der Waals surface area contributed by atoms with Crippen LogP contribution in [0.15, 0.2) is 42.5 Å². The van der Waals surface area contributed by atoms with Gasteiger partial charge in [-0.05, 0) is 49.7 Å². The smallest absolute Gasteiger partial charge is 0.387 e. The van der Waals surface area contributed by atoms with Crippen LogP contribution >= 0.6 is 0 Å². The summed E-state index contributed by atoms with van der Waals surface area (Å²) in [5.41, 5.74) is 7.47. The zero-order valence-electron chi connectivity index (χ0n) is 16.4. The largest absolute Gasteiger partial charge is 0.435 e. The molecule has 0 aliphatic carbocycles. The minimum Gasteiger partial charge on any atom is -0.435 e. The molecular formula is C20H22F2N4O4. The number of hydrogen-bond donors (Lipinski definition) is 4. The number of ether oxygens (including phenoxy) is 1. The molecular weight excluding hydrogens is 398 g/mol. The minimum atomic E-state index is -2.96. The molecule has 160 valence electrons. The summed E-state index contributed by atoms with van der Waals surface area (Å²) in [7, 11) is 0. The average molecular weight is 420 g/mol. The maximum absolute atomic E-state index is 12.1. The van der Waals surface area contributed by atoms with E-state index in [0.29, 0.717) is 0 Å². The second kappa shape index (κ2) is 10.7. The number of benzene rings is 2. The Morgan fingerprint density at radius 1 is 0.933 bits per heavy atom. The van der Waals surface area contributed by atoms with Gasteiger partial charge in [0, 0.05) is 11.3 Å². The van der Waals surface area contributed by atoms with E-state index in [0.717, 1.165) is 16.8 Å². The van der Waals surface area contributed by atoms with Crippen LogP contribution in [0.4, 0.5) is 14.5 Å². The van der Waals surface area contributed by atoms with Gasteiger partial charge in [0.15, 0.2) is 0 Å². The SMILES string of the molecule is Cc1ccc(NCC(=O)NNC(=O)CNC(=O)c2ccc(OC(F)F)cc2)c(C)c1. The molecule has 0 bridgehead atoms. The van der Waals surface area contributed by atoms with Gasteiger partial charge in [0.25, 0.3) is 17.7 Å². The van der Waals surface area contributed by atoms with Crippen molar-refractivity contribution >= 4 is 23.4 Å². The van der Waals surface area contributed by atoms with Crippen LogP contribution < -0.4 is 26.2 Å². The summed E-state index contributed by atoms with van der Waals surface area (Å²) in [6.07, 6.45) is 0. The highest BCUT2D eigenvalue weighted by Gasteiger charge is 2.10. The van der Waals surface area contributed by atoms with Gasteiger partial charge < -0.3 is 15.4 Å². The molecule has 30 heavy (non-hydrogen) atoms. The van der Waals surface area contributed by atoms with Crippen LogP contribution in [0.25, 0.3) is 0 Å². The number of hydrogen-bond acceptors (Lipinski definition) is 5. The van der Waals surface area contributed by atoms with E-state index in [9.17, 15) is 23.2 Å². The Morgan fingerprint density at radius 2 is 1.57 bits per heavy atom. The number of hydrazine groups is 1. The molecule has 0 radical (unpaired) electrons. The van der Waals surface area contributed by atoms with Crippen molar-refractivity contribution in [3.05, 3.63) is 59.2 Å². The first-order chi connectivity index (χ1) is 14.2. The van der Waals surface area contributed by atoms with Gasteiger partial charge in [0.2, 0.25) is 0 Å². The first-order valence-electron chi connectivity index (χ1n) is 8.96. The van der Waals surface area contributed by atoms with Crippen LogP contribution in [0.1, 0.15) is 21.5 Å². The molecule has 0 fully saturated rings. The van der Waals surface area contributed by atoms with Crippen molar-refractivity contribution < 1.29 is 27.9 Å². The zero-order chi connectivity index (χ0) is 22.1. The lowest BCUT2D eigenvalue weighted by molar-refractivity contribution is -0.127. The van der Waals surface area contributed by atoms with E-state index in [1.54, 1.807) is 0 Å². The molecule has 2 aromatic rings. The quantitative estimate of drug-likeness (QED) is 0.488. The van der Waals surface area contributed by atoms with Crippen LogP contribution in [-0.4, -0.2) is 37.4 Å². The number of carbonyl (C=O) groups excluding carboxylic acids is 3. The summed E-state index contributed by atoms with van der Waals surface area (Å²) < 4.78 is 28.4. The normalized spacial score (nSPS) is 10.3. The number of alkyl halides is 2. The van der Waals surface area contributed by atoms with E-state index in [1.807, 2.05) is 32.0 Å². The standard InChI is InChI=1S/C20H22F2N4O4/c1-12-3-8-16(13(2)9-12)23-10-17(27)25-26-18(28)11-24-19(29)14-4-6-15(7-5-14)30-20(21)22/h3-9,20,23H,10-11H2,1-2H3,(H,24,29)(H,25,27)(H,26,28). The fourth-order valence-electron chi connectivity index (χ4n) is 2.47. The molecule has 8 nitrogen and oxygen atoms in total. The third-order valence-corrected chi connectivity index (χ3v) is 3.91. The molecule has 4 N–H and O–H groups in total. The first kappa shape index (κ1) is 22.6. The molecule has 0 spiro atoms. The van der Waals surface area contributed by atoms with Crippen molar-refractivity contribution in [3.8, 4) is 5.75 Å². The number of anilines is 1. The van der Waals surface area contributed by atoms with Crippen molar-refractivity contribution in [3.63, 3.8) is 0 Å². The van der Waals surface area contributed by atoms with Gasteiger partial charge in [0.1, 0.15) is 5.75 Å². The maximum atomic E-state index is 12.1. The Hall–Kier alpha value is -3.69. The number of amides is 3. The second-order valence-corrected chi connectivity index (χ2v) is 6.35. The van der Waals surface area contributed by atoms with Crippen molar-refractivity contribution in [1.82, 2.24) is 16.2 Å². The van der Waals surface area contributed by atoms with Gasteiger partial charge >= 0.3 is 6.61 Å². The highest BCUT2D eigenvalue weighted by atomic mass is 19.3.